The predicted octanol–water partition coefficient (Wildman–Crippen LogP) is 7.18. The van der Waals surface area contributed by atoms with Gasteiger partial charge in [0.1, 0.15) is 0 Å². The van der Waals surface area contributed by atoms with Crippen LogP contribution in [0.15, 0.2) is 36.4 Å². The molecule has 0 saturated carbocycles. The summed E-state index contributed by atoms with van der Waals surface area (Å²) in [5.74, 6) is 0. The van der Waals surface area contributed by atoms with Gasteiger partial charge < -0.3 is 21.3 Å². The molecule has 3 atom stereocenters. The van der Waals surface area contributed by atoms with Gasteiger partial charge in [-0.2, -0.15) is 34.9 Å². The van der Waals surface area contributed by atoms with Crippen LogP contribution in [0.2, 0.25) is 0 Å². The van der Waals surface area contributed by atoms with Gasteiger partial charge in [0.15, 0.2) is 0 Å². The molecule has 2 aliphatic heterocycles. The molecule has 0 aliphatic carbocycles. The molecule has 4 N–H and O–H groups in total. The van der Waals surface area contributed by atoms with Crippen LogP contribution >= 0.6 is 17.2 Å². The first kappa shape index (κ1) is 39.1. The van der Waals surface area contributed by atoms with E-state index in [2.05, 4.69) is 120 Å². The van der Waals surface area contributed by atoms with E-state index < -0.39 is 0 Å². The van der Waals surface area contributed by atoms with Crippen molar-refractivity contribution in [3.8, 4) is 0 Å². The summed E-state index contributed by atoms with van der Waals surface area (Å²) in [4.78, 5) is 0. The monoisotopic (exact) mass is 670 g/mol. The van der Waals surface area contributed by atoms with Gasteiger partial charge in [0, 0.05) is 51.4 Å². The molecule has 0 amide bonds. The van der Waals surface area contributed by atoms with Crippen LogP contribution in [0.1, 0.15) is 105 Å². The van der Waals surface area contributed by atoms with E-state index in [-0.39, 0.29) is 51.3 Å². The SMILES string of the molecule is CC(C)(C)c1cc(C(P)(C2CNCCN2)C2CNCCN2)c(CP(C(C)(C)C)C(C)(C)C)[c-]1C(C)(C)C.[Fe+2].c1cc[cH-]c1. The maximum absolute atomic E-state index is 3.96. The minimum atomic E-state index is -0.284. The number of hydrogen-bond acceptors (Lipinski definition) is 4. The Morgan fingerprint density at radius 3 is 1.56 bits per heavy atom. The maximum Gasteiger partial charge on any atom is 2.00 e. The molecule has 2 saturated heterocycles. The topological polar surface area (TPSA) is 48.1 Å². The molecule has 4 nitrogen and oxygen atoms in total. The molecular formula is C36H64FeN4P2. The number of piperazine rings is 2. The van der Waals surface area contributed by atoms with Crippen molar-refractivity contribution in [3.63, 3.8) is 0 Å². The first-order valence-electron chi connectivity index (χ1n) is 16.2. The maximum atomic E-state index is 3.96. The van der Waals surface area contributed by atoms with E-state index in [0.29, 0.717) is 12.1 Å². The summed E-state index contributed by atoms with van der Waals surface area (Å²) in [6.45, 7) is 35.5. The normalized spacial score (nSPS) is 21.9. The van der Waals surface area contributed by atoms with Crippen LogP contribution in [0.3, 0.4) is 0 Å². The summed E-state index contributed by atoms with van der Waals surface area (Å²) in [5, 5.41) is 15.8. The van der Waals surface area contributed by atoms with Crippen LogP contribution in [0.25, 0.3) is 0 Å². The van der Waals surface area contributed by atoms with Crippen LogP contribution < -0.4 is 21.3 Å². The van der Waals surface area contributed by atoms with Crippen molar-refractivity contribution < 1.29 is 17.1 Å². The van der Waals surface area contributed by atoms with Gasteiger partial charge in [-0.3, -0.25) is 0 Å². The van der Waals surface area contributed by atoms with Gasteiger partial charge in [0.25, 0.3) is 0 Å². The van der Waals surface area contributed by atoms with Crippen LogP contribution in [0, 0.1) is 0 Å². The summed E-state index contributed by atoms with van der Waals surface area (Å²) in [5.41, 5.74) is 6.52. The fourth-order valence-electron chi connectivity index (χ4n) is 7.16. The zero-order valence-electron chi connectivity index (χ0n) is 29.4. The van der Waals surface area contributed by atoms with Gasteiger partial charge in [-0.15, -0.1) is 14.8 Å². The Kier molecular flexibility index (Phi) is 13.8. The first-order chi connectivity index (χ1) is 19.3. The molecule has 2 aromatic rings. The van der Waals surface area contributed by atoms with E-state index in [1.54, 1.807) is 22.3 Å². The largest absolute Gasteiger partial charge is 2.00 e. The van der Waals surface area contributed by atoms with E-state index in [9.17, 15) is 0 Å². The third-order valence-electron chi connectivity index (χ3n) is 8.94. The molecule has 43 heavy (non-hydrogen) atoms. The average Bonchev–Trinajstić information content (AvgIpc) is 3.58. The number of hydrogen-bond donors (Lipinski definition) is 4. The molecular weight excluding hydrogens is 606 g/mol. The second kappa shape index (κ2) is 15.2. The molecule has 246 valence electrons. The summed E-state index contributed by atoms with van der Waals surface area (Å²) in [6.07, 6.45) is 1.18. The standard InChI is InChI=1S/C31H59N4P2.C5H5.Fe/c1-27(2,3)23-17-22(31(36,24-18-32-13-15-34-24)25-19-33-14-16-35-25)21(26(23)28(4,5)6)20-37(29(7,8)9)30(10,11)12;1-2-4-5-3-1;/h17,24-25,32-35H,13-16,18-20,36H2,1-12H3;1-5H;/q2*-1;+2. The van der Waals surface area contributed by atoms with Gasteiger partial charge in [-0.05, 0) is 27.0 Å². The second-order valence-electron chi connectivity index (χ2n) is 16.6. The van der Waals surface area contributed by atoms with Gasteiger partial charge in [0.2, 0.25) is 0 Å². The van der Waals surface area contributed by atoms with E-state index in [4.69, 9.17) is 0 Å². The van der Waals surface area contributed by atoms with Crippen LogP contribution in [-0.2, 0) is 39.2 Å². The van der Waals surface area contributed by atoms with E-state index >= 15 is 0 Å². The molecule has 0 aromatic heterocycles. The van der Waals surface area contributed by atoms with Gasteiger partial charge in [-0.25, -0.2) is 18.2 Å². The molecule has 3 unspecified atom stereocenters. The molecule has 4 rings (SSSR count). The molecule has 2 fully saturated rings. The van der Waals surface area contributed by atoms with Crippen molar-refractivity contribution in [2.45, 2.75) is 128 Å². The Bertz CT molecular complexity index is 1040. The molecule has 2 aromatic carbocycles. The summed E-state index contributed by atoms with van der Waals surface area (Å²) in [7, 11) is 3.16. The van der Waals surface area contributed by atoms with Crippen LogP contribution in [0.5, 0.6) is 0 Å². The summed E-state index contributed by atoms with van der Waals surface area (Å²) >= 11 is 0. The van der Waals surface area contributed by atoms with Crippen molar-refractivity contribution in [1.82, 2.24) is 21.3 Å². The van der Waals surface area contributed by atoms with Crippen molar-refractivity contribution in [2.24, 2.45) is 0 Å². The third-order valence-corrected chi connectivity index (χ3v) is 13.9. The summed E-state index contributed by atoms with van der Waals surface area (Å²) in [6, 6.07) is 13.3. The second-order valence-corrected chi connectivity index (χ2v) is 21.4. The predicted molar refractivity (Wildman–Crippen MR) is 192 cm³/mol. The zero-order chi connectivity index (χ0) is 31.6. The Balaban J connectivity index is 0.000000973. The summed E-state index contributed by atoms with van der Waals surface area (Å²) < 4.78 is 0. The molecule has 2 heterocycles. The molecule has 0 spiro atoms. The fraction of sp³-hybridized carbons (Fsp3) is 0.722. The Hall–Kier alpha value is -0.0805. The zero-order valence-corrected chi connectivity index (χ0v) is 32.6. The minimum absolute atomic E-state index is 0. The number of nitrogens with one attached hydrogen (secondary N) is 4. The molecule has 2 aliphatic rings. The molecule has 7 heteroatoms. The van der Waals surface area contributed by atoms with Crippen LogP contribution in [0.4, 0.5) is 0 Å². The quantitative estimate of drug-likeness (QED) is 0.155. The molecule has 0 bridgehead atoms. The number of rotatable bonds is 5. The van der Waals surface area contributed by atoms with E-state index in [0.717, 1.165) is 39.3 Å². The van der Waals surface area contributed by atoms with Crippen LogP contribution in [-0.4, -0.2) is 61.7 Å². The Morgan fingerprint density at radius 1 is 0.791 bits per heavy atom. The Labute approximate surface area is 280 Å². The van der Waals surface area contributed by atoms with E-state index in [1.807, 2.05) is 30.3 Å². The van der Waals surface area contributed by atoms with Gasteiger partial charge in [-0.1, -0.05) is 96.4 Å². The van der Waals surface area contributed by atoms with Crippen molar-refractivity contribution in [1.29, 1.82) is 0 Å². The van der Waals surface area contributed by atoms with Crippen molar-refractivity contribution in [3.05, 3.63) is 58.7 Å². The smallest absolute Gasteiger partial charge is 0.314 e. The van der Waals surface area contributed by atoms with Gasteiger partial charge in [0.05, 0.1) is 0 Å². The fourth-order valence-corrected chi connectivity index (χ4v) is 11.5. The Morgan fingerprint density at radius 2 is 1.26 bits per heavy atom. The molecule has 0 radical (unpaired) electrons. The van der Waals surface area contributed by atoms with E-state index in [1.165, 1.54) is 6.16 Å². The first-order valence-corrected chi connectivity index (χ1v) is 18.3. The van der Waals surface area contributed by atoms with Crippen molar-refractivity contribution in [2.75, 3.05) is 39.3 Å². The van der Waals surface area contributed by atoms with Crippen molar-refractivity contribution >= 4 is 17.2 Å². The average molecular weight is 671 g/mol. The minimum Gasteiger partial charge on any atom is -0.314 e. The van der Waals surface area contributed by atoms with Gasteiger partial charge >= 0.3 is 17.1 Å². The third kappa shape index (κ3) is 9.72.